The predicted molar refractivity (Wildman–Crippen MR) is 121 cm³/mol. The van der Waals surface area contributed by atoms with E-state index in [0.717, 1.165) is 23.2 Å². The minimum atomic E-state index is -0.380. The second kappa shape index (κ2) is 8.17. The van der Waals surface area contributed by atoms with Gasteiger partial charge < -0.3 is 5.32 Å². The van der Waals surface area contributed by atoms with Crippen molar-refractivity contribution >= 4 is 40.4 Å². The van der Waals surface area contributed by atoms with Crippen molar-refractivity contribution in [1.82, 2.24) is 0 Å². The first-order chi connectivity index (χ1) is 14.5. The third-order valence-corrected chi connectivity index (χ3v) is 5.39. The molecule has 0 atom stereocenters. The summed E-state index contributed by atoms with van der Waals surface area (Å²) in [4.78, 5) is 28.0. The summed E-state index contributed by atoms with van der Waals surface area (Å²) in [5.41, 5.74) is 4.77. The van der Waals surface area contributed by atoms with Crippen LogP contribution in [0.2, 0.25) is 5.02 Å². The minimum absolute atomic E-state index is 0.255. The summed E-state index contributed by atoms with van der Waals surface area (Å²) in [5, 5.41) is 3.73. The van der Waals surface area contributed by atoms with Gasteiger partial charge in [-0.25, -0.2) is 4.90 Å². The zero-order valence-electron chi connectivity index (χ0n) is 16.8. The number of carbonyl (C=O) groups excluding carboxylic acids is 2. The van der Waals surface area contributed by atoms with Crippen molar-refractivity contribution in [1.29, 1.82) is 0 Å². The minimum Gasteiger partial charge on any atom is -0.350 e. The highest BCUT2D eigenvalue weighted by atomic mass is 35.5. The Balaban J connectivity index is 1.78. The number of benzene rings is 3. The van der Waals surface area contributed by atoms with Crippen LogP contribution in [0.25, 0.3) is 5.57 Å². The van der Waals surface area contributed by atoms with Crippen LogP contribution in [-0.2, 0) is 16.0 Å². The molecule has 0 spiro atoms. The number of hydrogen-bond donors (Lipinski definition) is 1. The van der Waals surface area contributed by atoms with Gasteiger partial charge in [-0.15, -0.1) is 0 Å². The molecule has 1 aliphatic rings. The fourth-order valence-electron chi connectivity index (χ4n) is 3.43. The Labute approximate surface area is 180 Å². The van der Waals surface area contributed by atoms with Gasteiger partial charge in [0.05, 0.1) is 11.3 Å². The molecule has 3 aromatic rings. The summed E-state index contributed by atoms with van der Waals surface area (Å²) in [5.74, 6) is -0.740. The van der Waals surface area contributed by atoms with E-state index in [1.165, 1.54) is 4.90 Å². The van der Waals surface area contributed by atoms with Gasteiger partial charge >= 0.3 is 0 Å². The highest BCUT2D eigenvalue weighted by molar-refractivity contribution is 6.46. The third-order valence-electron chi connectivity index (χ3n) is 5.14. The van der Waals surface area contributed by atoms with Gasteiger partial charge in [0, 0.05) is 10.7 Å². The SMILES string of the molecule is CCc1ccc(N2C(=O)C(Nc3ccc(C)cc3)=C(c3ccc(Cl)cc3)C2=O)cc1. The number of halogens is 1. The molecule has 0 aliphatic carbocycles. The van der Waals surface area contributed by atoms with E-state index in [1.807, 2.05) is 55.5 Å². The number of imide groups is 1. The van der Waals surface area contributed by atoms with Gasteiger partial charge in [-0.2, -0.15) is 0 Å². The molecule has 1 heterocycles. The van der Waals surface area contributed by atoms with E-state index < -0.39 is 0 Å². The Bertz CT molecular complexity index is 1130. The molecule has 1 aliphatic heterocycles. The molecule has 5 heteroatoms. The number of anilines is 2. The van der Waals surface area contributed by atoms with Crippen molar-refractivity contribution in [3.05, 3.63) is 100 Å². The molecule has 0 aromatic heterocycles. The number of rotatable bonds is 5. The van der Waals surface area contributed by atoms with Crippen molar-refractivity contribution < 1.29 is 9.59 Å². The lowest BCUT2D eigenvalue weighted by Crippen LogP contribution is -2.32. The molecule has 0 bridgehead atoms. The molecule has 1 N–H and O–H groups in total. The maximum Gasteiger partial charge on any atom is 0.282 e. The van der Waals surface area contributed by atoms with Crippen molar-refractivity contribution in [2.24, 2.45) is 0 Å². The molecule has 4 nitrogen and oxygen atoms in total. The van der Waals surface area contributed by atoms with Crippen molar-refractivity contribution in [3.8, 4) is 0 Å². The van der Waals surface area contributed by atoms with E-state index >= 15 is 0 Å². The summed E-state index contributed by atoms with van der Waals surface area (Å²) >= 11 is 6.02. The van der Waals surface area contributed by atoms with Gasteiger partial charge in [-0.3, -0.25) is 9.59 Å². The summed E-state index contributed by atoms with van der Waals surface area (Å²) < 4.78 is 0. The Morgan fingerprint density at radius 3 is 2.07 bits per heavy atom. The van der Waals surface area contributed by atoms with E-state index in [0.29, 0.717) is 21.8 Å². The molecule has 3 aromatic carbocycles. The maximum atomic E-state index is 13.4. The monoisotopic (exact) mass is 416 g/mol. The third kappa shape index (κ3) is 3.74. The first-order valence-electron chi connectivity index (χ1n) is 9.79. The highest BCUT2D eigenvalue weighted by Crippen LogP contribution is 2.34. The second-order valence-corrected chi connectivity index (χ2v) is 7.65. The molecule has 0 saturated carbocycles. The Morgan fingerprint density at radius 1 is 0.833 bits per heavy atom. The number of amides is 2. The zero-order chi connectivity index (χ0) is 21.3. The summed E-state index contributed by atoms with van der Waals surface area (Å²) in [6.45, 7) is 4.05. The van der Waals surface area contributed by atoms with E-state index in [9.17, 15) is 9.59 Å². The highest BCUT2D eigenvalue weighted by Gasteiger charge is 2.40. The molecule has 2 amide bonds. The standard InChI is InChI=1S/C25H21ClN2O2/c1-3-17-6-14-21(15-7-17)28-24(29)22(18-8-10-19(26)11-9-18)23(25(28)30)27-20-12-4-16(2)5-13-20/h4-15,27H,3H2,1-2H3. The molecular formula is C25H21ClN2O2. The Kier molecular flexibility index (Phi) is 5.42. The topological polar surface area (TPSA) is 49.4 Å². The van der Waals surface area contributed by atoms with Crippen LogP contribution >= 0.6 is 11.6 Å². The van der Waals surface area contributed by atoms with Gasteiger partial charge in [0.1, 0.15) is 5.70 Å². The molecule has 0 radical (unpaired) electrons. The average Bonchev–Trinajstić information content (AvgIpc) is 3.00. The smallest absolute Gasteiger partial charge is 0.282 e. The summed E-state index contributed by atoms with van der Waals surface area (Å²) in [6, 6.07) is 22.1. The largest absolute Gasteiger partial charge is 0.350 e. The van der Waals surface area contributed by atoms with E-state index in [-0.39, 0.29) is 17.5 Å². The van der Waals surface area contributed by atoms with Crippen LogP contribution in [0, 0.1) is 6.92 Å². The van der Waals surface area contributed by atoms with Gasteiger partial charge in [-0.1, -0.05) is 60.5 Å². The van der Waals surface area contributed by atoms with Crippen molar-refractivity contribution in [2.75, 3.05) is 10.2 Å². The fraction of sp³-hybridized carbons (Fsp3) is 0.120. The van der Waals surface area contributed by atoms with Crippen molar-refractivity contribution in [3.63, 3.8) is 0 Å². The van der Waals surface area contributed by atoms with Crippen LogP contribution in [0.5, 0.6) is 0 Å². The Morgan fingerprint density at radius 2 is 1.47 bits per heavy atom. The number of hydrogen-bond acceptors (Lipinski definition) is 3. The van der Waals surface area contributed by atoms with Crippen molar-refractivity contribution in [2.45, 2.75) is 20.3 Å². The summed E-state index contributed by atoms with van der Waals surface area (Å²) in [7, 11) is 0. The predicted octanol–water partition coefficient (Wildman–Crippen LogP) is 5.61. The maximum absolute atomic E-state index is 13.4. The first-order valence-corrected chi connectivity index (χ1v) is 10.2. The van der Waals surface area contributed by atoms with E-state index in [1.54, 1.807) is 24.3 Å². The molecular weight excluding hydrogens is 396 g/mol. The van der Waals surface area contributed by atoms with Gasteiger partial charge in [0.25, 0.3) is 11.8 Å². The second-order valence-electron chi connectivity index (χ2n) is 7.21. The number of aryl methyl sites for hydroxylation is 2. The average molecular weight is 417 g/mol. The van der Waals surface area contributed by atoms with Gasteiger partial charge in [-0.05, 0) is 60.9 Å². The molecule has 150 valence electrons. The van der Waals surface area contributed by atoms with Crippen LogP contribution in [0.1, 0.15) is 23.6 Å². The van der Waals surface area contributed by atoms with E-state index in [4.69, 9.17) is 11.6 Å². The molecule has 4 rings (SSSR count). The lowest BCUT2D eigenvalue weighted by Gasteiger charge is -2.16. The van der Waals surface area contributed by atoms with Gasteiger partial charge in [0.15, 0.2) is 0 Å². The van der Waals surface area contributed by atoms with Gasteiger partial charge in [0.2, 0.25) is 0 Å². The number of nitrogens with zero attached hydrogens (tertiary/aromatic N) is 1. The van der Waals surface area contributed by atoms with Crippen LogP contribution in [0.4, 0.5) is 11.4 Å². The number of carbonyl (C=O) groups is 2. The lowest BCUT2D eigenvalue weighted by atomic mass is 10.0. The molecule has 0 saturated heterocycles. The summed E-state index contributed by atoms with van der Waals surface area (Å²) in [6.07, 6.45) is 0.886. The fourth-order valence-corrected chi connectivity index (χ4v) is 3.55. The Hall–Kier alpha value is -3.37. The van der Waals surface area contributed by atoms with Crippen LogP contribution in [-0.4, -0.2) is 11.8 Å². The van der Waals surface area contributed by atoms with Crippen LogP contribution in [0.15, 0.2) is 78.5 Å². The quantitative estimate of drug-likeness (QED) is 0.550. The van der Waals surface area contributed by atoms with E-state index in [2.05, 4.69) is 12.2 Å². The zero-order valence-corrected chi connectivity index (χ0v) is 17.5. The number of nitrogens with one attached hydrogen (secondary N) is 1. The molecule has 0 fully saturated rings. The normalized spacial score (nSPS) is 13.9. The van der Waals surface area contributed by atoms with Crippen LogP contribution < -0.4 is 10.2 Å². The first kappa shape index (κ1) is 19.9. The molecule has 30 heavy (non-hydrogen) atoms. The molecule has 0 unspecified atom stereocenters. The van der Waals surface area contributed by atoms with Crippen LogP contribution in [0.3, 0.4) is 0 Å². The lowest BCUT2D eigenvalue weighted by molar-refractivity contribution is -0.120.